The van der Waals surface area contributed by atoms with Crippen molar-refractivity contribution < 1.29 is 8.42 Å². The van der Waals surface area contributed by atoms with E-state index in [-0.39, 0.29) is 4.21 Å². The number of benzene rings is 1. The van der Waals surface area contributed by atoms with Gasteiger partial charge in [0, 0.05) is 5.69 Å². The number of nitrogens with one attached hydrogen (secondary N) is 1. The molecule has 0 atom stereocenters. The Kier molecular flexibility index (Phi) is 4.34. The predicted octanol–water partition coefficient (Wildman–Crippen LogP) is 4.16. The standard InChI is InChI=1S/C12H12BrClN2O2S2/c1-6-4-10(7(2)3-9(6)15)16-20(17,18)11-5-8(14)12(13)19-11/h3-5,16H,15H2,1-2H3. The molecule has 0 spiro atoms. The largest absolute Gasteiger partial charge is 0.399 e. The average molecular weight is 396 g/mol. The molecule has 1 heterocycles. The first kappa shape index (κ1) is 15.6. The minimum absolute atomic E-state index is 0.156. The molecule has 1 aromatic carbocycles. The first-order valence-corrected chi connectivity index (χ1v) is 9.02. The van der Waals surface area contributed by atoms with E-state index in [0.29, 0.717) is 20.2 Å². The molecule has 2 rings (SSSR count). The molecule has 0 radical (unpaired) electrons. The van der Waals surface area contributed by atoms with Crippen molar-refractivity contribution in [3.05, 3.63) is 38.1 Å². The molecule has 0 amide bonds. The van der Waals surface area contributed by atoms with Gasteiger partial charge in [0.2, 0.25) is 0 Å². The second-order valence-corrected chi connectivity index (χ2v) is 9.00. The van der Waals surface area contributed by atoms with Gasteiger partial charge in [-0.25, -0.2) is 8.42 Å². The Morgan fingerprint density at radius 1 is 1.25 bits per heavy atom. The number of rotatable bonds is 3. The van der Waals surface area contributed by atoms with Crippen molar-refractivity contribution in [3.8, 4) is 0 Å². The fourth-order valence-corrected chi connectivity index (χ4v) is 5.12. The van der Waals surface area contributed by atoms with Crippen LogP contribution < -0.4 is 10.5 Å². The zero-order chi connectivity index (χ0) is 15.1. The van der Waals surface area contributed by atoms with Gasteiger partial charge in [0.25, 0.3) is 10.0 Å². The van der Waals surface area contributed by atoms with Crippen molar-refractivity contribution in [2.45, 2.75) is 18.1 Å². The Morgan fingerprint density at radius 2 is 1.90 bits per heavy atom. The van der Waals surface area contributed by atoms with Gasteiger partial charge in [-0.3, -0.25) is 4.72 Å². The van der Waals surface area contributed by atoms with E-state index >= 15 is 0 Å². The molecule has 4 nitrogen and oxygen atoms in total. The van der Waals surface area contributed by atoms with E-state index in [2.05, 4.69) is 20.7 Å². The number of hydrogen-bond donors (Lipinski definition) is 2. The number of nitrogens with two attached hydrogens (primary N) is 1. The minimum Gasteiger partial charge on any atom is -0.399 e. The van der Waals surface area contributed by atoms with Gasteiger partial charge in [-0.15, -0.1) is 11.3 Å². The molecular formula is C12H12BrClN2O2S2. The van der Waals surface area contributed by atoms with Gasteiger partial charge < -0.3 is 5.73 Å². The van der Waals surface area contributed by atoms with Crippen molar-refractivity contribution in [2.75, 3.05) is 10.5 Å². The molecule has 0 aliphatic heterocycles. The van der Waals surface area contributed by atoms with Crippen LogP contribution in [0.2, 0.25) is 5.02 Å². The quantitative estimate of drug-likeness (QED) is 0.766. The number of hydrogen-bond acceptors (Lipinski definition) is 4. The fourth-order valence-electron chi connectivity index (χ4n) is 1.60. The Bertz CT molecular complexity index is 753. The average Bonchev–Trinajstić information content (AvgIpc) is 2.67. The van der Waals surface area contributed by atoms with Crippen LogP contribution >= 0.6 is 38.9 Å². The minimum atomic E-state index is -3.65. The van der Waals surface area contributed by atoms with Gasteiger partial charge in [0.1, 0.15) is 4.21 Å². The maximum absolute atomic E-state index is 12.3. The van der Waals surface area contributed by atoms with E-state index < -0.39 is 10.0 Å². The highest BCUT2D eigenvalue weighted by molar-refractivity contribution is 9.11. The summed E-state index contributed by atoms with van der Waals surface area (Å²) in [5.41, 5.74) is 8.51. The zero-order valence-electron chi connectivity index (χ0n) is 10.7. The van der Waals surface area contributed by atoms with E-state index in [1.165, 1.54) is 6.07 Å². The summed E-state index contributed by atoms with van der Waals surface area (Å²) in [5.74, 6) is 0. The number of sulfonamides is 1. The summed E-state index contributed by atoms with van der Waals surface area (Å²) in [6, 6.07) is 4.87. The van der Waals surface area contributed by atoms with Crippen LogP contribution in [0.5, 0.6) is 0 Å². The SMILES string of the molecule is Cc1cc(NS(=O)(=O)c2cc(Cl)c(Br)s2)c(C)cc1N. The van der Waals surface area contributed by atoms with Gasteiger partial charge in [-0.2, -0.15) is 0 Å². The molecule has 0 aliphatic carbocycles. The molecule has 0 unspecified atom stereocenters. The molecule has 1 aromatic heterocycles. The summed E-state index contributed by atoms with van der Waals surface area (Å²) < 4.78 is 27.9. The topological polar surface area (TPSA) is 72.2 Å². The van der Waals surface area contributed by atoms with Crippen LogP contribution in [0.4, 0.5) is 11.4 Å². The lowest BCUT2D eigenvalue weighted by molar-refractivity contribution is 0.603. The second-order valence-electron chi connectivity index (χ2n) is 4.32. The highest BCUT2D eigenvalue weighted by atomic mass is 79.9. The van der Waals surface area contributed by atoms with Crippen molar-refractivity contribution in [2.24, 2.45) is 0 Å². The molecular weight excluding hydrogens is 384 g/mol. The first-order chi connectivity index (χ1) is 9.20. The Labute approximate surface area is 135 Å². The monoisotopic (exact) mass is 394 g/mol. The van der Waals surface area contributed by atoms with Gasteiger partial charge in [-0.1, -0.05) is 11.6 Å². The molecule has 20 heavy (non-hydrogen) atoms. The summed E-state index contributed by atoms with van der Waals surface area (Å²) in [6.07, 6.45) is 0. The number of nitrogen functional groups attached to an aromatic ring is 1. The normalized spacial score (nSPS) is 11.6. The third kappa shape index (κ3) is 3.11. The van der Waals surface area contributed by atoms with E-state index in [9.17, 15) is 8.42 Å². The number of aryl methyl sites for hydroxylation is 2. The Morgan fingerprint density at radius 3 is 2.45 bits per heavy atom. The Balaban J connectivity index is 2.40. The molecule has 0 fully saturated rings. The fraction of sp³-hybridized carbons (Fsp3) is 0.167. The summed E-state index contributed by atoms with van der Waals surface area (Å²) in [6.45, 7) is 3.62. The van der Waals surface area contributed by atoms with E-state index in [1.807, 2.05) is 6.92 Å². The van der Waals surface area contributed by atoms with Crippen LogP contribution in [-0.2, 0) is 10.0 Å². The summed E-state index contributed by atoms with van der Waals surface area (Å²) >= 11 is 10.1. The molecule has 0 bridgehead atoms. The Hall–Kier alpha value is -0.760. The molecule has 3 N–H and O–H groups in total. The van der Waals surface area contributed by atoms with Crippen molar-refractivity contribution in [3.63, 3.8) is 0 Å². The molecule has 108 valence electrons. The summed E-state index contributed by atoms with van der Waals surface area (Å²) in [5, 5.41) is 0.376. The van der Waals surface area contributed by atoms with Crippen molar-refractivity contribution >= 4 is 60.3 Å². The first-order valence-electron chi connectivity index (χ1n) is 5.55. The molecule has 8 heteroatoms. The van der Waals surface area contributed by atoms with E-state index in [0.717, 1.165) is 22.5 Å². The molecule has 0 saturated carbocycles. The van der Waals surface area contributed by atoms with Crippen molar-refractivity contribution in [1.82, 2.24) is 0 Å². The van der Waals surface area contributed by atoms with Crippen molar-refractivity contribution in [1.29, 1.82) is 0 Å². The maximum Gasteiger partial charge on any atom is 0.271 e. The van der Waals surface area contributed by atoms with Gasteiger partial charge >= 0.3 is 0 Å². The van der Waals surface area contributed by atoms with E-state index in [4.69, 9.17) is 17.3 Å². The third-order valence-corrected chi connectivity index (χ3v) is 7.06. The molecule has 2 aromatic rings. The predicted molar refractivity (Wildman–Crippen MR) is 88.2 cm³/mol. The molecule has 0 aliphatic rings. The highest BCUT2D eigenvalue weighted by Crippen LogP contribution is 2.35. The summed E-state index contributed by atoms with van der Waals surface area (Å²) in [7, 11) is -3.65. The van der Waals surface area contributed by atoms with E-state index in [1.54, 1.807) is 19.1 Å². The lowest BCUT2D eigenvalue weighted by Gasteiger charge is -2.11. The number of thiophene rings is 1. The lowest BCUT2D eigenvalue weighted by Crippen LogP contribution is -2.12. The third-order valence-electron chi connectivity index (χ3n) is 2.74. The summed E-state index contributed by atoms with van der Waals surface area (Å²) in [4.78, 5) is 0. The zero-order valence-corrected chi connectivity index (χ0v) is 14.7. The van der Waals surface area contributed by atoms with Crippen LogP contribution in [0.3, 0.4) is 0 Å². The molecule has 0 saturated heterocycles. The second kappa shape index (κ2) is 5.55. The number of anilines is 2. The van der Waals surface area contributed by atoms with Crippen LogP contribution in [-0.4, -0.2) is 8.42 Å². The van der Waals surface area contributed by atoms with Gasteiger partial charge in [0.15, 0.2) is 0 Å². The van der Waals surface area contributed by atoms with Crippen LogP contribution in [0.25, 0.3) is 0 Å². The smallest absolute Gasteiger partial charge is 0.271 e. The van der Waals surface area contributed by atoms with Crippen LogP contribution in [0.15, 0.2) is 26.2 Å². The maximum atomic E-state index is 12.3. The number of halogens is 2. The van der Waals surface area contributed by atoms with Crippen LogP contribution in [0, 0.1) is 13.8 Å². The lowest BCUT2D eigenvalue weighted by atomic mass is 10.1. The van der Waals surface area contributed by atoms with Gasteiger partial charge in [-0.05, 0) is 59.1 Å². The highest BCUT2D eigenvalue weighted by Gasteiger charge is 2.20. The van der Waals surface area contributed by atoms with Crippen LogP contribution in [0.1, 0.15) is 11.1 Å². The van der Waals surface area contributed by atoms with Gasteiger partial charge in [0.05, 0.1) is 14.5 Å².